The van der Waals surface area contributed by atoms with E-state index in [-0.39, 0.29) is 6.54 Å². The predicted octanol–water partition coefficient (Wildman–Crippen LogP) is 2.73. The number of piperidine rings is 1. The third-order valence-corrected chi connectivity index (χ3v) is 3.81. The minimum Gasteiger partial charge on any atom is -0.372 e. The molecule has 1 aromatic heterocycles. The lowest BCUT2D eigenvalue weighted by molar-refractivity contribution is -0.138. The van der Waals surface area contributed by atoms with Crippen LogP contribution in [0.2, 0.25) is 0 Å². The van der Waals surface area contributed by atoms with Crippen molar-refractivity contribution in [1.82, 2.24) is 14.9 Å². The Labute approximate surface area is 122 Å². The van der Waals surface area contributed by atoms with Crippen LogP contribution in [0.4, 0.5) is 19.0 Å². The highest BCUT2D eigenvalue weighted by Gasteiger charge is 2.29. The molecule has 1 aliphatic heterocycles. The summed E-state index contributed by atoms with van der Waals surface area (Å²) >= 11 is 0. The van der Waals surface area contributed by atoms with Crippen molar-refractivity contribution in [2.24, 2.45) is 5.92 Å². The average molecular weight is 302 g/mol. The second kappa shape index (κ2) is 7.06. The summed E-state index contributed by atoms with van der Waals surface area (Å²) in [7, 11) is 1.80. The SMILES string of the molecule is CNc1nccnc1C[C@H]1CCCN(CCC(F)(F)F)C1. The van der Waals surface area contributed by atoms with Gasteiger partial charge in [0.05, 0.1) is 12.1 Å². The first-order valence-electron chi connectivity index (χ1n) is 7.24. The molecular weight excluding hydrogens is 281 g/mol. The summed E-state index contributed by atoms with van der Waals surface area (Å²) in [6, 6.07) is 0. The number of halogens is 3. The van der Waals surface area contributed by atoms with Gasteiger partial charge in [0.1, 0.15) is 5.82 Å². The van der Waals surface area contributed by atoms with Crippen LogP contribution in [0.3, 0.4) is 0 Å². The molecule has 7 heteroatoms. The van der Waals surface area contributed by atoms with Crippen LogP contribution < -0.4 is 5.32 Å². The van der Waals surface area contributed by atoms with Crippen LogP contribution in [0, 0.1) is 5.92 Å². The first-order valence-corrected chi connectivity index (χ1v) is 7.24. The van der Waals surface area contributed by atoms with E-state index in [1.165, 1.54) is 0 Å². The average Bonchev–Trinajstić information content (AvgIpc) is 2.45. The highest BCUT2D eigenvalue weighted by atomic mass is 19.4. The molecule has 0 aliphatic carbocycles. The van der Waals surface area contributed by atoms with E-state index in [0.29, 0.717) is 12.5 Å². The van der Waals surface area contributed by atoms with Gasteiger partial charge >= 0.3 is 6.18 Å². The zero-order chi connectivity index (χ0) is 15.3. The Hall–Kier alpha value is -1.37. The van der Waals surface area contributed by atoms with Gasteiger partial charge in [-0.25, -0.2) is 4.98 Å². The van der Waals surface area contributed by atoms with E-state index in [2.05, 4.69) is 15.3 Å². The lowest BCUT2D eigenvalue weighted by Crippen LogP contribution is -2.38. The molecule has 1 aliphatic rings. The van der Waals surface area contributed by atoms with Crippen LogP contribution >= 0.6 is 0 Å². The van der Waals surface area contributed by atoms with Crippen LogP contribution in [-0.4, -0.2) is 47.7 Å². The molecule has 0 aromatic carbocycles. The smallest absolute Gasteiger partial charge is 0.372 e. The quantitative estimate of drug-likeness (QED) is 0.908. The highest BCUT2D eigenvalue weighted by Crippen LogP contribution is 2.25. The van der Waals surface area contributed by atoms with Crippen molar-refractivity contribution < 1.29 is 13.2 Å². The summed E-state index contributed by atoms with van der Waals surface area (Å²) < 4.78 is 36.9. The van der Waals surface area contributed by atoms with Gasteiger partial charge in [-0.2, -0.15) is 13.2 Å². The minimum atomic E-state index is -4.07. The Morgan fingerprint density at radius 1 is 1.33 bits per heavy atom. The topological polar surface area (TPSA) is 41.1 Å². The molecule has 0 saturated carbocycles. The number of aromatic nitrogens is 2. The van der Waals surface area contributed by atoms with Crippen molar-refractivity contribution in [2.75, 3.05) is 32.0 Å². The standard InChI is InChI=1S/C14H21F3N4/c1-18-13-12(19-5-6-20-13)9-11-3-2-7-21(10-11)8-4-14(15,16)17/h5-6,11H,2-4,7-10H2,1H3,(H,18,20)/t11-/m1/s1. The van der Waals surface area contributed by atoms with Gasteiger partial charge in [-0.3, -0.25) is 4.98 Å². The van der Waals surface area contributed by atoms with Crippen molar-refractivity contribution in [3.8, 4) is 0 Å². The molecule has 2 heterocycles. The number of likely N-dealkylation sites (tertiary alicyclic amines) is 1. The maximum atomic E-state index is 12.3. The maximum absolute atomic E-state index is 12.3. The number of alkyl halides is 3. The molecule has 21 heavy (non-hydrogen) atoms. The Kier molecular flexibility index (Phi) is 5.39. The van der Waals surface area contributed by atoms with Gasteiger partial charge in [-0.15, -0.1) is 0 Å². The number of hydrogen-bond acceptors (Lipinski definition) is 4. The fraction of sp³-hybridized carbons (Fsp3) is 0.714. The zero-order valence-electron chi connectivity index (χ0n) is 12.2. The van der Waals surface area contributed by atoms with Gasteiger partial charge in [0.15, 0.2) is 0 Å². The molecule has 1 fully saturated rings. The first kappa shape index (κ1) is 16.0. The third-order valence-electron chi connectivity index (χ3n) is 3.81. The highest BCUT2D eigenvalue weighted by molar-refractivity contribution is 5.38. The largest absolute Gasteiger partial charge is 0.390 e. The molecular formula is C14H21F3N4. The van der Waals surface area contributed by atoms with E-state index in [4.69, 9.17) is 0 Å². The van der Waals surface area contributed by atoms with E-state index >= 15 is 0 Å². The lowest BCUT2D eigenvalue weighted by atomic mass is 9.93. The van der Waals surface area contributed by atoms with E-state index < -0.39 is 12.6 Å². The van der Waals surface area contributed by atoms with E-state index in [1.54, 1.807) is 19.4 Å². The minimum absolute atomic E-state index is 0.0966. The van der Waals surface area contributed by atoms with Gasteiger partial charge < -0.3 is 10.2 Å². The molecule has 0 spiro atoms. The summed E-state index contributed by atoms with van der Waals surface area (Å²) in [5.41, 5.74) is 0.891. The Balaban J connectivity index is 1.89. The molecule has 0 amide bonds. The molecule has 1 saturated heterocycles. The molecule has 1 atom stereocenters. The number of nitrogens with one attached hydrogen (secondary N) is 1. The van der Waals surface area contributed by atoms with E-state index in [0.717, 1.165) is 37.3 Å². The summed E-state index contributed by atoms with van der Waals surface area (Å²) in [5, 5.41) is 3.01. The van der Waals surface area contributed by atoms with Crippen LogP contribution in [0.25, 0.3) is 0 Å². The zero-order valence-corrected chi connectivity index (χ0v) is 12.2. The Morgan fingerprint density at radius 2 is 2.10 bits per heavy atom. The molecule has 2 rings (SSSR count). The van der Waals surface area contributed by atoms with Crippen LogP contribution in [0.1, 0.15) is 25.0 Å². The van der Waals surface area contributed by atoms with E-state index in [9.17, 15) is 13.2 Å². The molecule has 0 unspecified atom stereocenters. The predicted molar refractivity (Wildman–Crippen MR) is 75.1 cm³/mol. The van der Waals surface area contributed by atoms with Gasteiger partial charge in [0.2, 0.25) is 0 Å². The van der Waals surface area contributed by atoms with Crippen molar-refractivity contribution in [3.05, 3.63) is 18.1 Å². The lowest BCUT2D eigenvalue weighted by Gasteiger charge is -2.33. The van der Waals surface area contributed by atoms with Gasteiger partial charge in [0, 0.05) is 32.5 Å². The second-order valence-electron chi connectivity index (χ2n) is 5.48. The summed E-state index contributed by atoms with van der Waals surface area (Å²) in [5.74, 6) is 1.10. The van der Waals surface area contributed by atoms with Crippen molar-refractivity contribution in [1.29, 1.82) is 0 Å². The normalized spacial score (nSPS) is 20.5. The number of nitrogens with zero attached hydrogens (tertiary/aromatic N) is 3. The molecule has 4 nitrogen and oxygen atoms in total. The monoisotopic (exact) mass is 302 g/mol. The Morgan fingerprint density at radius 3 is 2.81 bits per heavy atom. The number of anilines is 1. The fourth-order valence-corrected chi connectivity index (χ4v) is 2.80. The van der Waals surface area contributed by atoms with Crippen LogP contribution in [0.5, 0.6) is 0 Å². The summed E-state index contributed by atoms with van der Waals surface area (Å²) in [6.07, 6.45) is 1.21. The van der Waals surface area contributed by atoms with Crippen molar-refractivity contribution in [3.63, 3.8) is 0 Å². The molecule has 118 valence electrons. The van der Waals surface area contributed by atoms with Crippen molar-refractivity contribution in [2.45, 2.75) is 31.9 Å². The summed E-state index contributed by atoms with van der Waals surface area (Å²) in [6.45, 7) is 1.56. The van der Waals surface area contributed by atoms with Gasteiger partial charge in [0.25, 0.3) is 0 Å². The third kappa shape index (κ3) is 5.15. The number of hydrogen-bond donors (Lipinski definition) is 1. The van der Waals surface area contributed by atoms with Gasteiger partial charge in [-0.05, 0) is 31.7 Å². The molecule has 0 bridgehead atoms. The second-order valence-corrected chi connectivity index (χ2v) is 5.48. The summed E-state index contributed by atoms with van der Waals surface area (Å²) in [4.78, 5) is 10.5. The van der Waals surface area contributed by atoms with Crippen LogP contribution in [0.15, 0.2) is 12.4 Å². The molecule has 0 radical (unpaired) electrons. The van der Waals surface area contributed by atoms with Crippen LogP contribution in [-0.2, 0) is 6.42 Å². The molecule has 1 N–H and O–H groups in total. The fourth-order valence-electron chi connectivity index (χ4n) is 2.80. The maximum Gasteiger partial charge on any atom is 0.390 e. The van der Waals surface area contributed by atoms with Crippen molar-refractivity contribution >= 4 is 5.82 Å². The molecule has 1 aromatic rings. The number of rotatable bonds is 5. The Bertz CT molecular complexity index is 450. The van der Waals surface area contributed by atoms with Gasteiger partial charge in [-0.1, -0.05) is 0 Å². The first-order chi connectivity index (χ1) is 9.98. The van der Waals surface area contributed by atoms with E-state index in [1.807, 2.05) is 4.90 Å².